The van der Waals surface area contributed by atoms with Gasteiger partial charge in [-0.3, -0.25) is 4.79 Å². The number of amides is 1. The fourth-order valence-electron chi connectivity index (χ4n) is 1.91. The molecule has 4 heteroatoms. The van der Waals surface area contributed by atoms with E-state index in [1.807, 2.05) is 25.1 Å². The van der Waals surface area contributed by atoms with E-state index in [0.29, 0.717) is 6.54 Å². The zero-order valence-electron chi connectivity index (χ0n) is 11.9. The van der Waals surface area contributed by atoms with Gasteiger partial charge in [-0.25, -0.2) is 0 Å². The van der Waals surface area contributed by atoms with Gasteiger partial charge in [-0.1, -0.05) is 31.5 Å². The molecule has 106 valence electrons. The van der Waals surface area contributed by atoms with Gasteiger partial charge in [0.1, 0.15) is 0 Å². The second kappa shape index (κ2) is 8.53. The predicted octanol–water partition coefficient (Wildman–Crippen LogP) is 1.76. The lowest BCUT2D eigenvalue weighted by molar-refractivity contribution is -0.122. The number of benzene rings is 1. The third-order valence-corrected chi connectivity index (χ3v) is 3.10. The van der Waals surface area contributed by atoms with Crippen LogP contribution in [0.2, 0.25) is 0 Å². The molecule has 0 bridgehead atoms. The van der Waals surface area contributed by atoms with E-state index >= 15 is 0 Å². The van der Waals surface area contributed by atoms with E-state index in [1.54, 1.807) is 0 Å². The monoisotopic (exact) mass is 263 g/mol. The normalized spacial score (nSPS) is 11.9. The number of nitrogens with one attached hydrogen (secondary N) is 1. The highest BCUT2D eigenvalue weighted by Gasteiger charge is 2.10. The summed E-state index contributed by atoms with van der Waals surface area (Å²) in [5.74, 6) is -0.0378. The molecule has 0 saturated heterocycles. The fraction of sp³-hybridized carbons (Fsp3) is 0.533. The van der Waals surface area contributed by atoms with Gasteiger partial charge >= 0.3 is 0 Å². The second-order valence-electron chi connectivity index (χ2n) is 4.80. The van der Waals surface area contributed by atoms with Crippen LogP contribution in [0.25, 0.3) is 0 Å². The lowest BCUT2D eigenvalue weighted by Crippen LogP contribution is -2.41. The van der Waals surface area contributed by atoms with Crippen LogP contribution in [-0.2, 0) is 4.79 Å². The molecule has 1 aromatic carbocycles. The number of hydrogen-bond acceptors (Lipinski definition) is 3. The van der Waals surface area contributed by atoms with Crippen LogP contribution in [-0.4, -0.2) is 32.1 Å². The topological polar surface area (TPSA) is 58.4 Å². The number of nitrogens with two attached hydrogens (primary N) is 1. The molecule has 1 aromatic rings. The third kappa shape index (κ3) is 5.75. The summed E-state index contributed by atoms with van der Waals surface area (Å²) in [6, 6.07) is 9.85. The first-order valence-corrected chi connectivity index (χ1v) is 6.94. The smallest absolute Gasteiger partial charge is 0.236 e. The van der Waals surface area contributed by atoms with Gasteiger partial charge in [0.2, 0.25) is 5.91 Å². The summed E-state index contributed by atoms with van der Waals surface area (Å²) >= 11 is 0. The molecule has 0 aromatic heterocycles. The van der Waals surface area contributed by atoms with Crippen molar-refractivity contribution in [1.29, 1.82) is 0 Å². The Morgan fingerprint density at radius 2 is 2.05 bits per heavy atom. The van der Waals surface area contributed by atoms with Crippen LogP contribution < -0.4 is 16.0 Å². The molecule has 0 fully saturated rings. The molecule has 1 atom stereocenters. The Hall–Kier alpha value is -1.55. The summed E-state index contributed by atoms with van der Waals surface area (Å²) in [7, 11) is 2.06. The molecule has 0 heterocycles. The van der Waals surface area contributed by atoms with Gasteiger partial charge in [0.25, 0.3) is 0 Å². The summed E-state index contributed by atoms with van der Waals surface area (Å²) < 4.78 is 0. The fourth-order valence-corrected chi connectivity index (χ4v) is 1.91. The average molecular weight is 263 g/mol. The Balaban J connectivity index is 2.19. The molecule has 0 aliphatic rings. The Morgan fingerprint density at radius 1 is 1.37 bits per heavy atom. The maximum absolute atomic E-state index is 11.6. The summed E-state index contributed by atoms with van der Waals surface area (Å²) in [6.45, 7) is 3.61. The standard InChI is InChI=1S/C15H25N3O/c1-3-8-14(16)15(19)17-11-7-12-18(2)13-9-5-4-6-10-13/h4-6,9-10,14H,3,7-8,11-12,16H2,1-2H3,(H,17,19)/t14-/m1/s1. The Labute approximate surface area is 116 Å². The van der Waals surface area contributed by atoms with E-state index in [2.05, 4.69) is 29.4 Å². The van der Waals surface area contributed by atoms with Crippen molar-refractivity contribution in [3.05, 3.63) is 30.3 Å². The number of hydrogen-bond donors (Lipinski definition) is 2. The number of carbonyl (C=O) groups is 1. The van der Waals surface area contributed by atoms with Crippen molar-refractivity contribution in [3.8, 4) is 0 Å². The van der Waals surface area contributed by atoms with Gasteiger partial charge < -0.3 is 16.0 Å². The maximum Gasteiger partial charge on any atom is 0.236 e. The number of carbonyl (C=O) groups excluding carboxylic acids is 1. The highest BCUT2D eigenvalue weighted by molar-refractivity contribution is 5.81. The van der Waals surface area contributed by atoms with Gasteiger partial charge in [-0.2, -0.15) is 0 Å². The third-order valence-electron chi connectivity index (χ3n) is 3.10. The number of rotatable bonds is 8. The summed E-state index contributed by atoms with van der Waals surface area (Å²) in [6.07, 6.45) is 2.59. The van der Waals surface area contributed by atoms with Crippen molar-refractivity contribution in [3.63, 3.8) is 0 Å². The Kier molecular flexibility index (Phi) is 6.97. The van der Waals surface area contributed by atoms with Crippen molar-refractivity contribution in [2.24, 2.45) is 5.73 Å². The lowest BCUT2D eigenvalue weighted by atomic mass is 10.1. The van der Waals surface area contributed by atoms with E-state index in [0.717, 1.165) is 25.8 Å². The quantitative estimate of drug-likeness (QED) is 0.703. The van der Waals surface area contributed by atoms with E-state index in [4.69, 9.17) is 5.73 Å². The Morgan fingerprint density at radius 3 is 2.68 bits per heavy atom. The first-order valence-electron chi connectivity index (χ1n) is 6.94. The van der Waals surface area contributed by atoms with Crippen LogP contribution in [0.3, 0.4) is 0 Å². The largest absolute Gasteiger partial charge is 0.375 e. The molecular weight excluding hydrogens is 238 g/mol. The number of para-hydroxylation sites is 1. The van der Waals surface area contributed by atoms with Gasteiger partial charge in [-0.05, 0) is 25.0 Å². The van der Waals surface area contributed by atoms with Crippen molar-refractivity contribution < 1.29 is 4.79 Å². The SMILES string of the molecule is CCC[C@@H](N)C(=O)NCCCN(C)c1ccccc1. The Bertz CT molecular complexity index is 367. The molecule has 3 N–H and O–H groups in total. The summed E-state index contributed by atoms with van der Waals surface area (Å²) in [4.78, 5) is 13.8. The number of anilines is 1. The average Bonchev–Trinajstić information content (AvgIpc) is 2.44. The zero-order valence-corrected chi connectivity index (χ0v) is 11.9. The van der Waals surface area contributed by atoms with Crippen LogP contribution in [0.15, 0.2) is 30.3 Å². The van der Waals surface area contributed by atoms with Crippen LogP contribution in [0.4, 0.5) is 5.69 Å². The molecule has 4 nitrogen and oxygen atoms in total. The summed E-state index contributed by atoms with van der Waals surface area (Å²) in [5, 5.41) is 2.88. The van der Waals surface area contributed by atoms with Gasteiger partial charge in [0.05, 0.1) is 6.04 Å². The summed E-state index contributed by atoms with van der Waals surface area (Å²) in [5.41, 5.74) is 6.93. The van der Waals surface area contributed by atoms with Gasteiger partial charge in [0, 0.05) is 25.8 Å². The molecular formula is C15H25N3O. The zero-order chi connectivity index (χ0) is 14.1. The van der Waals surface area contributed by atoms with E-state index < -0.39 is 0 Å². The lowest BCUT2D eigenvalue weighted by Gasteiger charge is -2.19. The maximum atomic E-state index is 11.6. The first kappa shape index (κ1) is 15.5. The van der Waals surface area contributed by atoms with Gasteiger partial charge in [-0.15, -0.1) is 0 Å². The van der Waals surface area contributed by atoms with E-state index in [1.165, 1.54) is 5.69 Å². The molecule has 1 amide bonds. The van der Waals surface area contributed by atoms with Crippen LogP contribution in [0, 0.1) is 0 Å². The minimum Gasteiger partial charge on any atom is -0.375 e. The molecule has 0 aliphatic carbocycles. The van der Waals surface area contributed by atoms with E-state index in [9.17, 15) is 4.79 Å². The van der Waals surface area contributed by atoms with Crippen molar-refractivity contribution in [1.82, 2.24) is 5.32 Å². The van der Waals surface area contributed by atoms with Crippen LogP contribution in [0.5, 0.6) is 0 Å². The van der Waals surface area contributed by atoms with Crippen molar-refractivity contribution in [2.75, 3.05) is 25.0 Å². The molecule has 19 heavy (non-hydrogen) atoms. The minimum absolute atomic E-state index is 0.0378. The molecule has 0 aliphatic heterocycles. The minimum atomic E-state index is -0.364. The predicted molar refractivity (Wildman–Crippen MR) is 80.2 cm³/mol. The van der Waals surface area contributed by atoms with Crippen LogP contribution >= 0.6 is 0 Å². The van der Waals surface area contributed by atoms with Crippen LogP contribution in [0.1, 0.15) is 26.2 Å². The van der Waals surface area contributed by atoms with Gasteiger partial charge in [0.15, 0.2) is 0 Å². The van der Waals surface area contributed by atoms with Crippen molar-refractivity contribution in [2.45, 2.75) is 32.2 Å². The molecule has 0 spiro atoms. The molecule has 0 unspecified atom stereocenters. The van der Waals surface area contributed by atoms with Crippen molar-refractivity contribution >= 4 is 11.6 Å². The van der Waals surface area contributed by atoms with E-state index in [-0.39, 0.29) is 11.9 Å². The number of nitrogens with zero attached hydrogens (tertiary/aromatic N) is 1. The molecule has 1 rings (SSSR count). The molecule has 0 radical (unpaired) electrons. The highest BCUT2D eigenvalue weighted by atomic mass is 16.2. The first-order chi connectivity index (χ1) is 9.15. The second-order valence-corrected chi connectivity index (χ2v) is 4.80. The molecule has 0 saturated carbocycles. The highest BCUT2D eigenvalue weighted by Crippen LogP contribution is 2.10.